The Morgan fingerprint density at radius 1 is 0.625 bits per heavy atom. The monoisotopic (exact) mass is 666 g/mol. The smallest absolute Gasteiger partial charge is 0.407 e. The van der Waals surface area contributed by atoms with Gasteiger partial charge in [0.25, 0.3) is 0 Å². The number of esters is 2. The molecule has 0 saturated heterocycles. The Morgan fingerprint density at radius 2 is 0.979 bits per heavy atom. The van der Waals surface area contributed by atoms with Crippen LogP contribution in [0.1, 0.15) is 25.0 Å². The molecule has 2 rings (SSSR count). The predicted octanol–water partition coefficient (Wildman–Crippen LogP) is 4.94. The summed E-state index contributed by atoms with van der Waals surface area (Å²) in [6.07, 6.45) is -1.25. The van der Waals surface area contributed by atoms with Crippen molar-refractivity contribution in [3.8, 4) is 0 Å². The van der Waals surface area contributed by atoms with Gasteiger partial charge in [0, 0.05) is 25.2 Å². The van der Waals surface area contributed by atoms with E-state index in [-0.39, 0.29) is 50.7 Å². The van der Waals surface area contributed by atoms with Gasteiger partial charge in [-0.2, -0.15) is 0 Å². The lowest BCUT2D eigenvalue weighted by molar-refractivity contribution is -0.139. The van der Waals surface area contributed by atoms with Crippen molar-refractivity contribution >= 4 is 35.5 Å². The van der Waals surface area contributed by atoms with Crippen molar-refractivity contribution in [3.05, 3.63) is 84.0 Å². The molecule has 0 aliphatic heterocycles. The Hall–Kier alpha value is -5.80. The summed E-state index contributed by atoms with van der Waals surface area (Å²) < 4.78 is 20.1. The van der Waals surface area contributed by atoms with Gasteiger partial charge in [-0.3, -0.25) is 10.0 Å². The Labute approximate surface area is 279 Å². The SMILES string of the molecule is C=C(C)C(=O)OCCNC(=O)OCc1ccc(N=NN(C)CCN(C)N=Nc2ccc(COC(=O)NCCOC(=O)C(=C)C)cc2)cc1. The molecule has 0 radical (unpaired) electrons. The summed E-state index contributed by atoms with van der Waals surface area (Å²) in [6.45, 7) is 11.5. The van der Waals surface area contributed by atoms with Crippen LogP contribution in [-0.4, -0.2) is 87.6 Å². The molecule has 0 bridgehead atoms. The van der Waals surface area contributed by atoms with Gasteiger partial charge in [0.15, 0.2) is 0 Å². The molecule has 16 heteroatoms. The number of nitrogens with zero attached hydrogens (tertiary/aromatic N) is 6. The number of ether oxygens (including phenoxy) is 4. The van der Waals surface area contributed by atoms with Gasteiger partial charge in [0.05, 0.1) is 37.6 Å². The molecule has 0 fully saturated rings. The van der Waals surface area contributed by atoms with E-state index < -0.39 is 24.1 Å². The van der Waals surface area contributed by atoms with E-state index >= 15 is 0 Å². The maximum Gasteiger partial charge on any atom is 0.407 e. The molecule has 0 aliphatic carbocycles. The van der Waals surface area contributed by atoms with Crippen molar-refractivity contribution in [1.82, 2.24) is 20.7 Å². The normalized spacial score (nSPS) is 10.7. The minimum atomic E-state index is -0.627. The van der Waals surface area contributed by atoms with E-state index in [0.717, 1.165) is 11.1 Å². The Balaban J connectivity index is 1.63. The van der Waals surface area contributed by atoms with Crippen molar-refractivity contribution < 1.29 is 38.1 Å². The van der Waals surface area contributed by atoms with E-state index in [1.807, 2.05) is 0 Å². The zero-order valence-corrected chi connectivity index (χ0v) is 27.6. The lowest BCUT2D eigenvalue weighted by Crippen LogP contribution is -2.28. The fraction of sp³-hybridized carbons (Fsp3) is 0.375. The Morgan fingerprint density at radius 3 is 1.31 bits per heavy atom. The maximum absolute atomic E-state index is 11.8. The number of likely N-dealkylation sites (N-methyl/N-ethyl adjacent to an activating group) is 2. The first-order valence-electron chi connectivity index (χ1n) is 14.8. The number of nitrogens with one attached hydrogen (secondary N) is 2. The number of carbonyl (C=O) groups is 4. The van der Waals surface area contributed by atoms with Gasteiger partial charge >= 0.3 is 24.1 Å². The van der Waals surface area contributed by atoms with Crippen LogP contribution in [0.4, 0.5) is 21.0 Å². The molecule has 0 atom stereocenters. The summed E-state index contributed by atoms with van der Waals surface area (Å²) in [5, 5.41) is 25.1. The summed E-state index contributed by atoms with van der Waals surface area (Å²) >= 11 is 0. The molecule has 0 saturated carbocycles. The van der Waals surface area contributed by atoms with Crippen LogP contribution in [0, 0.1) is 0 Å². The predicted molar refractivity (Wildman–Crippen MR) is 175 cm³/mol. The Kier molecular flexibility index (Phi) is 16.9. The van der Waals surface area contributed by atoms with Crippen molar-refractivity contribution in [2.24, 2.45) is 20.7 Å². The summed E-state index contributed by atoms with van der Waals surface area (Å²) in [5.74, 6) is -1.03. The maximum atomic E-state index is 11.8. The van der Waals surface area contributed by atoms with Crippen molar-refractivity contribution in [1.29, 1.82) is 0 Å². The first-order valence-corrected chi connectivity index (χ1v) is 14.8. The van der Waals surface area contributed by atoms with Gasteiger partial charge in [-0.05, 0) is 49.2 Å². The minimum Gasteiger partial charge on any atom is -0.460 e. The fourth-order valence-corrected chi connectivity index (χ4v) is 3.19. The molecule has 0 unspecified atom stereocenters. The molecule has 48 heavy (non-hydrogen) atoms. The first-order chi connectivity index (χ1) is 22.9. The quantitative estimate of drug-likeness (QED) is 0.0520. The molecule has 2 aromatic rings. The van der Waals surface area contributed by atoms with E-state index in [1.54, 1.807) is 86.5 Å². The average molecular weight is 667 g/mol. The van der Waals surface area contributed by atoms with E-state index in [4.69, 9.17) is 18.9 Å². The first kappa shape index (κ1) is 38.4. The third kappa shape index (κ3) is 16.5. The fourth-order valence-electron chi connectivity index (χ4n) is 3.19. The standard InChI is InChI=1S/C32H42N8O8/c1-23(2)29(41)45-19-15-33-31(43)47-21-25-7-11-27(12-8-25)35-37-39(5)17-18-40(6)38-36-28-13-9-26(10-14-28)22-48-32(44)34-16-20-46-30(42)24(3)4/h7-14H,1,3,15-22H2,2,4-6H3,(H,33,43)(H,34,44). The highest BCUT2D eigenvalue weighted by molar-refractivity contribution is 5.87. The van der Waals surface area contributed by atoms with Crippen LogP contribution in [0.25, 0.3) is 0 Å². The third-order valence-corrected chi connectivity index (χ3v) is 5.89. The molecule has 2 amide bonds. The topological polar surface area (TPSA) is 185 Å². The second-order valence-corrected chi connectivity index (χ2v) is 10.3. The van der Waals surface area contributed by atoms with E-state index in [0.29, 0.717) is 24.5 Å². The van der Waals surface area contributed by atoms with Crippen molar-refractivity contribution in [2.75, 3.05) is 53.5 Å². The molecule has 2 aromatic carbocycles. The van der Waals surface area contributed by atoms with E-state index in [9.17, 15) is 19.2 Å². The Bertz CT molecular complexity index is 1340. The van der Waals surface area contributed by atoms with Gasteiger partial charge in [-0.1, -0.05) is 47.9 Å². The van der Waals surface area contributed by atoms with Gasteiger partial charge in [-0.25, -0.2) is 19.2 Å². The number of carbonyl (C=O) groups excluding carboxylic acids is 4. The van der Waals surface area contributed by atoms with Crippen LogP contribution in [0.15, 0.2) is 93.5 Å². The molecule has 0 aromatic heterocycles. The van der Waals surface area contributed by atoms with Crippen molar-refractivity contribution in [2.45, 2.75) is 27.1 Å². The lowest BCUT2D eigenvalue weighted by Gasteiger charge is -2.15. The van der Waals surface area contributed by atoms with Crippen LogP contribution in [-0.2, 0) is 41.8 Å². The summed E-state index contributed by atoms with van der Waals surface area (Å²) in [5.41, 5.74) is 3.35. The molecular formula is C32H42N8O8. The van der Waals surface area contributed by atoms with Crippen LogP contribution in [0.5, 0.6) is 0 Å². The van der Waals surface area contributed by atoms with Gasteiger partial charge in [0.1, 0.15) is 26.4 Å². The summed E-state index contributed by atoms with van der Waals surface area (Å²) in [7, 11) is 3.57. The highest BCUT2D eigenvalue weighted by Crippen LogP contribution is 2.16. The minimum absolute atomic E-state index is 0.0216. The lowest BCUT2D eigenvalue weighted by atomic mass is 10.2. The molecule has 2 N–H and O–H groups in total. The second-order valence-electron chi connectivity index (χ2n) is 10.3. The zero-order chi connectivity index (χ0) is 35.3. The van der Waals surface area contributed by atoms with Crippen LogP contribution in [0.3, 0.4) is 0 Å². The molecular weight excluding hydrogens is 624 g/mol. The van der Waals surface area contributed by atoms with Gasteiger partial charge in [0.2, 0.25) is 0 Å². The van der Waals surface area contributed by atoms with E-state index in [1.165, 1.54) is 0 Å². The highest BCUT2D eigenvalue weighted by atomic mass is 16.6. The molecule has 0 aliphatic rings. The number of amides is 2. The number of rotatable bonds is 19. The van der Waals surface area contributed by atoms with E-state index in [2.05, 4.69) is 44.5 Å². The zero-order valence-electron chi connectivity index (χ0n) is 27.6. The summed E-state index contributed by atoms with van der Waals surface area (Å²) in [4.78, 5) is 46.2. The molecule has 16 nitrogen and oxygen atoms in total. The number of hydrogen-bond donors (Lipinski definition) is 2. The highest BCUT2D eigenvalue weighted by Gasteiger charge is 2.07. The second kappa shape index (κ2) is 21.1. The van der Waals surface area contributed by atoms with Crippen LogP contribution < -0.4 is 10.6 Å². The summed E-state index contributed by atoms with van der Waals surface area (Å²) in [6, 6.07) is 14.1. The number of alkyl carbamates (subject to hydrolysis) is 2. The molecule has 258 valence electrons. The van der Waals surface area contributed by atoms with Crippen molar-refractivity contribution in [3.63, 3.8) is 0 Å². The largest absolute Gasteiger partial charge is 0.460 e. The van der Waals surface area contributed by atoms with Gasteiger partial charge < -0.3 is 29.6 Å². The van der Waals surface area contributed by atoms with Crippen LogP contribution >= 0.6 is 0 Å². The average Bonchev–Trinajstić information content (AvgIpc) is 3.07. The van der Waals surface area contributed by atoms with Crippen LogP contribution in [0.2, 0.25) is 0 Å². The number of hydrogen-bond acceptors (Lipinski definition) is 12. The third-order valence-electron chi connectivity index (χ3n) is 5.89. The number of benzene rings is 2. The van der Waals surface area contributed by atoms with Gasteiger partial charge in [-0.15, -0.1) is 10.2 Å². The molecule has 0 spiro atoms. The molecule has 0 heterocycles.